The van der Waals surface area contributed by atoms with Crippen LogP contribution in [-0.2, 0) is 14.3 Å². The van der Waals surface area contributed by atoms with Crippen molar-refractivity contribution < 1.29 is 33.4 Å². The molecule has 16 heteroatoms. The summed E-state index contributed by atoms with van der Waals surface area (Å²) >= 11 is 0. The molecule has 0 spiro atoms. The molecular formula is C41H41N9O7. The number of hydrogen-bond donors (Lipinski definition) is 2. The van der Waals surface area contributed by atoms with Crippen molar-refractivity contribution in [1.29, 1.82) is 0 Å². The highest BCUT2D eigenvalue weighted by Crippen LogP contribution is 2.38. The zero-order valence-corrected chi connectivity index (χ0v) is 31.1. The van der Waals surface area contributed by atoms with E-state index >= 15 is 0 Å². The highest BCUT2D eigenvalue weighted by molar-refractivity contribution is 6.23. The Balaban J connectivity index is 0.769. The van der Waals surface area contributed by atoms with Crippen molar-refractivity contribution in [2.45, 2.75) is 82.1 Å². The average molecular weight is 772 g/mol. The van der Waals surface area contributed by atoms with Gasteiger partial charge in [0.2, 0.25) is 11.8 Å². The van der Waals surface area contributed by atoms with Gasteiger partial charge in [-0.1, -0.05) is 0 Å². The molecule has 16 nitrogen and oxygen atoms in total. The molecular weight excluding hydrogens is 731 g/mol. The zero-order valence-electron chi connectivity index (χ0n) is 31.1. The first-order chi connectivity index (χ1) is 27.8. The summed E-state index contributed by atoms with van der Waals surface area (Å²) in [5.74, 6) is -1.22. The van der Waals surface area contributed by atoms with Crippen LogP contribution in [0.1, 0.15) is 94.9 Å². The average Bonchev–Trinajstić information content (AvgIpc) is 3.49. The standard InChI is InChI=1S/C41H41N9O7/c51-36-11-10-34(39(53)45-36)50-40(54)29-9-6-26(17-30(29)41(50)55)47-15-12-28(21-47)57-27-7-4-25(5-8-27)49-20-24-16-33(35(18-32(24)46-49)56-22-23-2-3-23)44-38(52)31-19-43-48-14-1-13-42-37(31)48/h1,6,9,13-14,16-20,23,25,27-28,34H,2-5,7-8,10-12,15,21-22H2,(H,44,52)(H,45,51,53)/t25?,27?,28-,34?/m1/s1. The van der Waals surface area contributed by atoms with E-state index in [1.807, 2.05) is 29.1 Å². The van der Waals surface area contributed by atoms with Gasteiger partial charge >= 0.3 is 0 Å². The first-order valence-corrected chi connectivity index (χ1v) is 19.8. The van der Waals surface area contributed by atoms with Gasteiger partial charge in [-0.2, -0.15) is 10.2 Å². The fraction of sp³-hybridized carbons (Fsp3) is 0.415. The molecule has 2 atom stereocenters. The number of carbonyl (C=O) groups is 5. The molecule has 10 rings (SSSR count). The van der Waals surface area contributed by atoms with Crippen LogP contribution in [0.25, 0.3) is 16.6 Å². The van der Waals surface area contributed by atoms with E-state index in [9.17, 15) is 24.0 Å². The number of anilines is 2. The molecule has 3 aliphatic heterocycles. The third-order valence-electron chi connectivity index (χ3n) is 11.9. The Morgan fingerprint density at radius 1 is 0.930 bits per heavy atom. The van der Waals surface area contributed by atoms with Crippen LogP contribution < -0.4 is 20.3 Å². The SMILES string of the molecule is O=C1CCC(N2C(=O)c3ccc(N4CC[C@@H](OC5CCC(n6cc7cc(NC(=O)c8cnn9cccnc89)c(OCC8CC8)cc7n6)CC5)C4)cc3C2=O)C(=O)N1. The molecule has 2 N–H and O–H groups in total. The van der Waals surface area contributed by atoms with Gasteiger partial charge < -0.3 is 19.7 Å². The quantitative estimate of drug-likeness (QED) is 0.193. The summed E-state index contributed by atoms with van der Waals surface area (Å²) in [4.78, 5) is 71.5. The minimum absolute atomic E-state index is 0.0311. The Labute approximate surface area is 326 Å². The van der Waals surface area contributed by atoms with Crippen molar-refractivity contribution in [3.8, 4) is 5.75 Å². The molecule has 2 aromatic carbocycles. The first-order valence-electron chi connectivity index (χ1n) is 19.8. The van der Waals surface area contributed by atoms with Gasteiger partial charge in [-0.25, -0.2) is 9.50 Å². The Bertz CT molecular complexity index is 2460. The molecule has 292 valence electrons. The number of fused-ring (bicyclic) bond motifs is 3. The topological polar surface area (TPSA) is 182 Å². The van der Waals surface area contributed by atoms with Crippen molar-refractivity contribution in [3.63, 3.8) is 0 Å². The van der Waals surface area contributed by atoms with Crippen LogP contribution in [-0.4, -0.2) is 96.8 Å². The summed E-state index contributed by atoms with van der Waals surface area (Å²) in [6, 6.07) is 10.1. The van der Waals surface area contributed by atoms with Gasteiger partial charge in [0, 0.05) is 55.2 Å². The monoisotopic (exact) mass is 771 g/mol. The second-order valence-corrected chi connectivity index (χ2v) is 15.8. The molecule has 2 aliphatic carbocycles. The van der Waals surface area contributed by atoms with Crippen molar-refractivity contribution in [2.75, 3.05) is 29.9 Å². The largest absolute Gasteiger partial charge is 0.491 e. The molecule has 2 saturated carbocycles. The fourth-order valence-electron chi connectivity index (χ4n) is 8.59. The number of carbonyl (C=O) groups excluding carboxylic acids is 5. The molecule has 3 aromatic heterocycles. The van der Waals surface area contributed by atoms with Crippen LogP contribution in [0, 0.1) is 5.92 Å². The number of aromatic nitrogens is 5. The summed E-state index contributed by atoms with van der Waals surface area (Å²) in [6.07, 6.45) is 14.1. The second-order valence-electron chi connectivity index (χ2n) is 15.8. The highest BCUT2D eigenvalue weighted by Gasteiger charge is 2.45. The molecule has 6 heterocycles. The molecule has 0 radical (unpaired) electrons. The number of nitrogens with one attached hydrogen (secondary N) is 2. The minimum Gasteiger partial charge on any atom is -0.491 e. The summed E-state index contributed by atoms with van der Waals surface area (Å²) in [7, 11) is 0. The van der Waals surface area contributed by atoms with Gasteiger partial charge in [-0.3, -0.25) is 38.9 Å². The summed E-state index contributed by atoms with van der Waals surface area (Å²) in [5, 5.41) is 15.4. The fourth-order valence-corrected chi connectivity index (χ4v) is 8.59. The van der Waals surface area contributed by atoms with Gasteiger partial charge in [0.05, 0.1) is 53.4 Å². The number of imide groups is 2. The van der Waals surface area contributed by atoms with Crippen LogP contribution in [0.2, 0.25) is 0 Å². The van der Waals surface area contributed by atoms with Crippen LogP contribution in [0.15, 0.2) is 61.2 Å². The molecule has 5 aromatic rings. The third kappa shape index (κ3) is 6.66. The van der Waals surface area contributed by atoms with Crippen molar-refractivity contribution >= 4 is 57.5 Å². The van der Waals surface area contributed by atoms with Crippen LogP contribution in [0.4, 0.5) is 11.4 Å². The van der Waals surface area contributed by atoms with E-state index in [1.54, 1.807) is 35.1 Å². The maximum Gasteiger partial charge on any atom is 0.262 e. The number of benzene rings is 2. The number of nitrogens with zero attached hydrogens (tertiary/aromatic N) is 7. The minimum atomic E-state index is -0.990. The van der Waals surface area contributed by atoms with Crippen LogP contribution in [0.3, 0.4) is 0 Å². The van der Waals surface area contributed by atoms with Gasteiger partial charge in [-0.05, 0) is 87.6 Å². The zero-order chi connectivity index (χ0) is 38.8. The van der Waals surface area contributed by atoms with E-state index in [-0.39, 0.29) is 48.1 Å². The summed E-state index contributed by atoms with van der Waals surface area (Å²) in [6.45, 7) is 2.01. The predicted molar refractivity (Wildman–Crippen MR) is 205 cm³/mol. The van der Waals surface area contributed by atoms with E-state index < -0.39 is 29.7 Å². The number of rotatable bonds is 10. The summed E-state index contributed by atoms with van der Waals surface area (Å²) < 4.78 is 16.5. The summed E-state index contributed by atoms with van der Waals surface area (Å²) in [5.41, 5.74) is 3.63. The van der Waals surface area contributed by atoms with E-state index in [1.165, 1.54) is 6.20 Å². The van der Waals surface area contributed by atoms with Gasteiger partial charge in [0.15, 0.2) is 5.65 Å². The van der Waals surface area contributed by atoms with Crippen LogP contribution >= 0.6 is 0 Å². The highest BCUT2D eigenvalue weighted by atomic mass is 16.5. The Morgan fingerprint density at radius 3 is 2.60 bits per heavy atom. The Kier molecular flexibility index (Phi) is 8.72. The first kappa shape index (κ1) is 35.3. The molecule has 57 heavy (non-hydrogen) atoms. The molecule has 5 amide bonds. The van der Waals surface area contributed by atoms with Gasteiger partial charge in [0.1, 0.15) is 17.4 Å². The van der Waals surface area contributed by atoms with Crippen molar-refractivity contribution in [2.24, 2.45) is 5.92 Å². The van der Waals surface area contributed by atoms with Crippen LogP contribution in [0.5, 0.6) is 5.75 Å². The molecule has 0 bridgehead atoms. The van der Waals surface area contributed by atoms with Crippen molar-refractivity contribution in [1.82, 2.24) is 34.6 Å². The van der Waals surface area contributed by atoms with E-state index in [0.29, 0.717) is 41.7 Å². The number of ether oxygens (including phenoxy) is 2. The lowest BCUT2D eigenvalue weighted by molar-refractivity contribution is -0.136. The molecule has 2 saturated heterocycles. The van der Waals surface area contributed by atoms with Gasteiger partial charge in [-0.15, -0.1) is 0 Å². The Hall–Kier alpha value is -6.16. The number of amides is 5. The van der Waals surface area contributed by atoms with Crippen molar-refractivity contribution in [3.05, 3.63) is 77.9 Å². The lowest BCUT2D eigenvalue weighted by Crippen LogP contribution is -2.54. The smallest absolute Gasteiger partial charge is 0.262 e. The molecule has 5 aliphatic rings. The lowest BCUT2D eigenvalue weighted by atomic mass is 9.93. The maximum absolute atomic E-state index is 13.4. The predicted octanol–water partition coefficient (Wildman–Crippen LogP) is 4.30. The lowest BCUT2D eigenvalue weighted by Gasteiger charge is -2.30. The molecule has 4 fully saturated rings. The van der Waals surface area contributed by atoms with E-state index in [0.717, 1.165) is 73.0 Å². The number of hydrogen-bond acceptors (Lipinski definition) is 11. The number of piperidine rings is 1. The molecule has 1 unspecified atom stereocenters. The third-order valence-corrected chi connectivity index (χ3v) is 11.9. The Morgan fingerprint density at radius 2 is 1.77 bits per heavy atom. The normalized spacial score (nSPS) is 23.7. The second kappa shape index (κ2) is 14.1. The van der Waals surface area contributed by atoms with E-state index in [2.05, 4.69) is 25.6 Å². The van der Waals surface area contributed by atoms with E-state index in [4.69, 9.17) is 14.6 Å². The van der Waals surface area contributed by atoms with Gasteiger partial charge in [0.25, 0.3) is 17.7 Å². The maximum atomic E-state index is 13.4.